The van der Waals surface area contributed by atoms with Crippen molar-refractivity contribution in [2.75, 3.05) is 6.54 Å². The van der Waals surface area contributed by atoms with E-state index in [1.807, 2.05) is 17.9 Å². The minimum absolute atomic E-state index is 0.700. The van der Waals surface area contributed by atoms with Crippen LogP contribution in [-0.4, -0.2) is 16.3 Å². The van der Waals surface area contributed by atoms with Crippen molar-refractivity contribution in [3.8, 4) is 0 Å². The summed E-state index contributed by atoms with van der Waals surface area (Å²) in [6, 6.07) is 4.15. The molecule has 0 radical (unpaired) electrons. The molecule has 4 heteroatoms. The van der Waals surface area contributed by atoms with Gasteiger partial charge in [-0.25, -0.2) is 0 Å². The molecule has 0 aliphatic rings. The third-order valence-corrected chi connectivity index (χ3v) is 2.70. The lowest BCUT2D eigenvalue weighted by Gasteiger charge is -2.00. The van der Waals surface area contributed by atoms with Crippen LogP contribution in [0.2, 0.25) is 0 Å². The molecule has 2 aromatic rings. The fraction of sp³-hybridized carbons (Fsp3) is 0.462. The molecule has 0 spiro atoms. The predicted molar refractivity (Wildman–Crippen MR) is 66.9 cm³/mol. The minimum Gasteiger partial charge on any atom is -0.467 e. The van der Waals surface area contributed by atoms with E-state index in [0.29, 0.717) is 6.54 Å². The van der Waals surface area contributed by atoms with Gasteiger partial charge in [-0.15, -0.1) is 0 Å². The van der Waals surface area contributed by atoms with E-state index in [2.05, 4.69) is 36.4 Å². The highest BCUT2D eigenvalue weighted by Gasteiger charge is 2.05. The fourth-order valence-corrected chi connectivity index (χ4v) is 1.85. The van der Waals surface area contributed by atoms with Crippen molar-refractivity contribution in [2.45, 2.75) is 33.9 Å². The van der Waals surface area contributed by atoms with Crippen LogP contribution in [0.5, 0.6) is 0 Å². The van der Waals surface area contributed by atoms with Gasteiger partial charge in [0.05, 0.1) is 18.5 Å². The molecule has 0 amide bonds. The number of hydrogen-bond donors (Lipinski definition) is 1. The molecular weight excluding hydrogens is 214 g/mol. The van der Waals surface area contributed by atoms with E-state index in [9.17, 15) is 0 Å². The first kappa shape index (κ1) is 11.9. The van der Waals surface area contributed by atoms with E-state index >= 15 is 0 Å². The number of rotatable bonds is 5. The van der Waals surface area contributed by atoms with Gasteiger partial charge in [0.2, 0.25) is 0 Å². The molecule has 0 unspecified atom stereocenters. The monoisotopic (exact) mass is 233 g/mol. The molecule has 0 aliphatic heterocycles. The van der Waals surface area contributed by atoms with Gasteiger partial charge in [0.1, 0.15) is 5.76 Å². The number of nitrogens with zero attached hydrogens (tertiary/aromatic N) is 2. The number of hydrogen-bond acceptors (Lipinski definition) is 3. The highest BCUT2D eigenvalue weighted by Crippen LogP contribution is 2.11. The van der Waals surface area contributed by atoms with Crippen LogP contribution in [-0.2, 0) is 13.1 Å². The lowest BCUT2D eigenvalue weighted by atomic mass is 10.3. The SMILES string of the molecule is CCNCc1coc(Cn2nc(C)cc2C)c1. The van der Waals surface area contributed by atoms with Crippen LogP contribution in [0.3, 0.4) is 0 Å². The largest absolute Gasteiger partial charge is 0.467 e. The molecule has 4 nitrogen and oxygen atoms in total. The Morgan fingerprint density at radius 2 is 2.18 bits per heavy atom. The average Bonchev–Trinajstić information content (AvgIpc) is 2.84. The zero-order chi connectivity index (χ0) is 12.3. The van der Waals surface area contributed by atoms with Gasteiger partial charge in [-0.2, -0.15) is 5.10 Å². The van der Waals surface area contributed by atoms with Crippen molar-refractivity contribution in [3.63, 3.8) is 0 Å². The van der Waals surface area contributed by atoms with Gasteiger partial charge in [-0.1, -0.05) is 6.92 Å². The van der Waals surface area contributed by atoms with E-state index in [-0.39, 0.29) is 0 Å². The second-order valence-electron chi connectivity index (χ2n) is 4.29. The summed E-state index contributed by atoms with van der Waals surface area (Å²) in [7, 11) is 0. The molecule has 92 valence electrons. The standard InChI is InChI=1S/C13H19N3O/c1-4-14-7-12-6-13(17-9-12)8-16-11(3)5-10(2)15-16/h5-6,9,14H,4,7-8H2,1-3H3. The van der Waals surface area contributed by atoms with Gasteiger partial charge in [0.25, 0.3) is 0 Å². The molecule has 0 aliphatic carbocycles. The third kappa shape index (κ3) is 2.97. The molecule has 0 fully saturated rings. The third-order valence-electron chi connectivity index (χ3n) is 2.70. The van der Waals surface area contributed by atoms with Gasteiger partial charge in [-0.05, 0) is 32.5 Å². The molecular formula is C13H19N3O. The van der Waals surface area contributed by atoms with Crippen molar-refractivity contribution in [1.29, 1.82) is 0 Å². The minimum atomic E-state index is 0.700. The fourth-order valence-electron chi connectivity index (χ4n) is 1.85. The first-order chi connectivity index (χ1) is 8.19. The second kappa shape index (κ2) is 5.19. The molecule has 0 saturated heterocycles. The van der Waals surface area contributed by atoms with E-state index in [4.69, 9.17) is 4.42 Å². The second-order valence-corrected chi connectivity index (χ2v) is 4.29. The quantitative estimate of drug-likeness (QED) is 0.861. The van der Waals surface area contributed by atoms with E-state index in [1.165, 1.54) is 5.56 Å². The van der Waals surface area contributed by atoms with Crippen molar-refractivity contribution in [1.82, 2.24) is 15.1 Å². The number of nitrogens with one attached hydrogen (secondary N) is 1. The molecule has 0 saturated carbocycles. The molecule has 0 aromatic carbocycles. The normalized spacial score (nSPS) is 11.0. The Bertz CT molecular complexity index is 485. The summed E-state index contributed by atoms with van der Waals surface area (Å²) in [5, 5.41) is 7.69. The van der Waals surface area contributed by atoms with Crippen molar-refractivity contribution in [3.05, 3.63) is 41.1 Å². The Labute approximate surface area is 102 Å². The number of furan rings is 1. The van der Waals surface area contributed by atoms with Crippen LogP contribution in [0.15, 0.2) is 22.8 Å². The van der Waals surface area contributed by atoms with Crippen molar-refractivity contribution < 1.29 is 4.42 Å². The van der Waals surface area contributed by atoms with Crippen LogP contribution in [0.4, 0.5) is 0 Å². The molecule has 1 N–H and O–H groups in total. The van der Waals surface area contributed by atoms with Gasteiger partial charge >= 0.3 is 0 Å². The summed E-state index contributed by atoms with van der Waals surface area (Å²) in [5.74, 6) is 0.948. The van der Waals surface area contributed by atoms with Crippen molar-refractivity contribution >= 4 is 0 Å². The van der Waals surface area contributed by atoms with Gasteiger partial charge in [-0.3, -0.25) is 4.68 Å². The Kier molecular flexibility index (Phi) is 3.64. The summed E-state index contributed by atoms with van der Waals surface area (Å²) < 4.78 is 7.49. The highest BCUT2D eigenvalue weighted by atomic mass is 16.3. The Morgan fingerprint density at radius 3 is 2.82 bits per heavy atom. The lowest BCUT2D eigenvalue weighted by molar-refractivity contribution is 0.474. The lowest BCUT2D eigenvalue weighted by Crippen LogP contribution is -2.10. The number of aryl methyl sites for hydroxylation is 2. The molecule has 2 aromatic heterocycles. The van der Waals surface area contributed by atoms with Crippen LogP contribution < -0.4 is 5.32 Å². The Hall–Kier alpha value is -1.55. The zero-order valence-corrected chi connectivity index (χ0v) is 10.7. The Morgan fingerprint density at radius 1 is 1.35 bits per heavy atom. The van der Waals surface area contributed by atoms with Crippen LogP contribution in [0.25, 0.3) is 0 Å². The van der Waals surface area contributed by atoms with Gasteiger partial charge < -0.3 is 9.73 Å². The summed E-state index contributed by atoms with van der Waals surface area (Å²) in [6.45, 7) is 8.68. The number of aromatic nitrogens is 2. The van der Waals surface area contributed by atoms with Gasteiger partial charge in [0.15, 0.2) is 0 Å². The summed E-state index contributed by atoms with van der Waals surface area (Å²) in [5.41, 5.74) is 3.39. The first-order valence-electron chi connectivity index (χ1n) is 5.97. The van der Waals surface area contributed by atoms with Crippen LogP contribution >= 0.6 is 0 Å². The summed E-state index contributed by atoms with van der Waals surface area (Å²) >= 11 is 0. The Balaban J connectivity index is 2.03. The zero-order valence-electron chi connectivity index (χ0n) is 10.7. The summed E-state index contributed by atoms with van der Waals surface area (Å²) in [6.07, 6.45) is 1.81. The summed E-state index contributed by atoms with van der Waals surface area (Å²) in [4.78, 5) is 0. The maximum absolute atomic E-state index is 5.53. The maximum Gasteiger partial charge on any atom is 0.125 e. The maximum atomic E-state index is 5.53. The molecule has 2 heterocycles. The molecule has 0 bridgehead atoms. The van der Waals surface area contributed by atoms with Crippen LogP contribution in [0, 0.1) is 13.8 Å². The van der Waals surface area contributed by atoms with Crippen LogP contribution in [0.1, 0.15) is 29.6 Å². The van der Waals surface area contributed by atoms with E-state index < -0.39 is 0 Å². The average molecular weight is 233 g/mol. The molecule has 0 atom stereocenters. The molecule has 17 heavy (non-hydrogen) atoms. The topological polar surface area (TPSA) is 43.0 Å². The highest BCUT2D eigenvalue weighted by molar-refractivity contribution is 5.14. The smallest absolute Gasteiger partial charge is 0.125 e. The predicted octanol–water partition coefficient (Wildman–Crippen LogP) is 2.25. The van der Waals surface area contributed by atoms with E-state index in [0.717, 1.165) is 30.2 Å². The van der Waals surface area contributed by atoms with Crippen molar-refractivity contribution in [2.24, 2.45) is 0 Å². The van der Waals surface area contributed by atoms with E-state index in [1.54, 1.807) is 0 Å². The first-order valence-corrected chi connectivity index (χ1v) is 5.97. The van der Waals surface area contributed by atoms with Gasteiger partial charge in [0, 0.05) is 17.8 Å². The molecule has 2 rings (SSSR count).